The number of halogens is 1. The molecule has 0 aromatic heterocycles. The van der Waals surface area contributed by atoms with E-state index in [4.69, 9.17) is 17.3 Å². The van der Waals surface area contributed by atoms with E-state index in [1.807, 2.05) is 19.2 Å². The highest BCUT2D eigenvalue weighted by atomic mass is 35.5. The molecule has 0 aliphatic heterocycles. The first-order valence-electron chi connectivity index (χ1n) is 6.32. The van der Waals surface area contributed by atoms with Crippen LogP contribution in [-0.2, 0) is 11.2 Å². The van der Waals surface area contributed by atoms with Crippen molar-refractivity contribution >= 4 is 23.2 Å². The van der Waals surface area contributed by atoms with E-state index in [0.717, 1.165) is 24.9 Å². The molecule has 0 spiro atoms. The summed E-state index contributed by atoms with van der Waals surface area (Å²) in [6.07, 6.45) is 3.37. The molecule has 18 heavy (non-hydrogen) atoms. The third-order valence-corrected chi connectivity index (χ3v) is 3.30. The van der Waals surface area contributed by atoms with Gasteiger partial charge in [-0.15, -0.1) is 0 Å². The smallest absolute Gasteiger partial charge is 0.222 e. The van der Waals surface area contributed by atoms with Gasteiger partial charge in [0, 0.05) is 20.0 Å². The van der Waals surface area contributed by atoms with E-state index in [1.54, 1.807) is 11.0 Å². The molecule has 4 heteroatoms. The van der Waals surface area contributed by atoms with Crippen LogP contribution in [0.15, 0.2) is 18.2 Å². The lowest BCUT2D eigenvalue weighted by Crippen LogP contribution is -2.27. The molecule has 0 saturated carbocycles. The van der Waals surface area contributed by atoms with Crippen molar-refractivity contribution in [1.82, 2.24) is 4.90 Å². The van der Waals surface area contributed by atoms with Crippen molar-refractivity contribution in [3.63, 3.8) is 0 Å². The molecule has 0 aliphatic carbocycles. The minimum Gasteiger partial charge on any atom is -0.398 e. The topological polar surface area (TPSA) is 46.3 Å². The van der Waals surface area contributed by atoms with E-state index < -0.39 is 0 Å². The van der Waals surface area contributed by atoms with E-state index in [0.29, 0.717) is 23.6 Å². The number of carbonyl (C=O) groups is 1. The Labute approximate surface area is 114 Å². The number of carbonyl (C=O) groups excluding carboxylic acids is 1. The molecule has 0 aliphatic rings. The van der Waals surface area contributed by atoms with Crippen LogP contribution in [0.4, 0.5) is 5.69 Å². The minimum atomic E-state index is 0.178. The summed E-state index contributed by atoms with van der Waals surface area (Å²) in [5.41, 5.74) is 7.35. The number of amides is 1. The molecule has 1 aromatic rings. The first-order valence-corrected chi connectivity index (χ1v) is 6.70. The van der Waals surface area contributed by atoms with Crippen molar-refractivity contribution < 1.29 is 4.79 Å². The molecule has 0 atom stereocenters. The zero-order chi connectivity index (χ0) is 13.5. The number of nitrogens with two attached hydrogens (primary N) is 1. The molecule has 0 fully saturated rings. The molecule has 100 valence electrons. The normalized spacial score (nSPS) is 10.4. The summed E-state index contributed by atoms with van der Waals surface area (Å²) >= 11 is 5.85. The fourth-order valence-corrected chi connectivity index (χ4v) is 1.83. The number of nitrogens with zero attached hydrogens (tertiary/aromatic N) is 1. The number of aryl methyl sites for hydroxylation is 1. The Kier molecular flexibility index (Phi) is 5.99. The first-order chi connectivity index (χ1) is 8.54. The maximum absolute atomic E-state index is 11.8. The van der Waals surface area contributed by atoms with Gasteiger partial charge in [0.05, 0.1) is 10.7 Å². The first kappa shape index (κ1) is 14.8. The molecule has 2 N–H and O–H groups in total. The summed E-state index contributed by atoms with van der Waals surface area (Å²) in [5, 5.41) is 0.560. The Balaban J connectivity index is 2.44. The van der Waals surface area contributed by atoms with E-state index in [2.05, 4.69) is 6.92 Å². The monoisotopic (exact) mass is 268 g/mol. The maximum Gasteiger partial charge on any atom is 0.222 e. The fourth-order valence-electron chi connectivity index (χ4n) is 1.71. The average molecular weight is 269 g/mol. The predicted molar refractivity (Wildman–Crippen MR) is 76.7 cm³/mol. The van der Waals surface area contributed by atoms with Gasteiger partial charge in [-0.1, -0.05) is 31.0 Å². The number of anilines is 1. The summed E-state index contributed by atoms with van der Waals surface area (Å²) < 4.78 is 0. The van der Waals surface area contributed by atoms with Gasteiger partial charge in [0.25, 0.3) is 0 Å². The lowest BCUT2D eigenvalue weighted by Gasteiger charge is -2.16. The Hall–Kier alpha value is -1.22. The van der Waals surface area contributed by atoms with Crippen molar-refractivity contribution in [1.29, 1.82) is 0 Å². The fraction of sp³-hybridized carbons (Fsp3) is 0.500. The van der Waals surface area contributed by atoms with Crippen LogP contribution in [0.3, 0.4) is 0 Å². The Morgan fingerprint density at radius 2 is 2.17 bits per heavy atom. The van der Waals surface area contributed by atoms with Crippen LogP contribution in [0.5, 0.6) is 0 Å². The highest BCUT2D eigenvalue weighted by molar-refractivity contribution is 6.33. The predicted octanol–water partition coefficient (Wildman–Crippen LogP) is 3.11. The van der Waals surface area contributed by atoms with Crippen molar-refractivity contribution in [3.05, 3.63) is 28.8 Å². The number of rotatable bonds is 6. The Morgan fingerprint density at radius 1 is 1.44 bits per heavy atom. The summed E-state index contributed by atoms with van der Waals surface area (Å²) in [7, 11) is 1.86. The number of benzene rings is 1. The lowest BCUT2D eigenvalue weighted by atomic mass is 10.1. The SMILES string of the molecule is CCCCN(C)C(=O)CCc1ccc(Cl)c(N)c1. The molecule has 1 aromatic carbocycles. The minimum absolute atomic E-state index is 0.178. The summed E-state index contributed by atoms with van der Waals surface area (Å²) in [6, 6.07) is 5.52. The quantitative estimate of drug-likeness (QED) is 0.806. The van der Waals surface area contributed by atoms with Crippen LogP contribution in [0.25, 0.3) is 0 Å². The van der Waals surface area contributed by atoms with Crippen molar-refractivity contribution in [2.45, 2.75) is 32.6 Å². The Morgan fingerprint density at radius 3 is 2.78 bits per heavy atom. The van der Waals surface area contributed by atoms with Crippen LogP contribution in [-0.4, -0.2) is 24.4 Å². The number of unbranched alkanes of at least 4 members (excludes halogenated alkanes) is 1. The van der Waals surface area contributed by atoms with Gasteiger partial charge in [-0.25, -0.2) is 0 Å². The number of hydrogen-bond donors (Lipinski definition) is 1. The van der Waals surface area contributed by atoms with Gasteiger partial charge >= 0.3 is 0 Å². The van der Waals surface area contributed by atoms with Crippen LogP contribution < -0.4 is 5.73 Å². The highest BCUT2D eigenvalue weighted by Crippen LogP contribution is 2.20. The molecule has 3 nitrogen and oxygen atoms in total. The van der Waals surface area contributed by atoms with Gasteiger partial charge < -0.3 is 10.6 Å². The highest BCUT2D eigenvalue weighted by Gasteiger charge is 2.08. The van der Waals surface area contributed by atoms with E-state index in [1.165, 1.54) is 0 Å². The standard InChI is InChI=1S/C14H21ClN2O/c1-3-4-9-17(2)14(18)8-6-11-5-7-12(15)13(16)10-11/h5,7,10H,3-4,6,8-9,16H2,1-2H3. The summed E-state index contributed by atoms with van der Waals surface area (Å²) in [5.74, 6) is 0.178. The average Bonchev–Trinajstić information content (AvgIpc) is 2.36. The van der Waals surface area contributed by atoms with E-state index in [9.17, 15) is 4.79 Å². The molecule has 1 rings (SSSR count). The van der Waals surface area contributed by atoms with Gasteiger partial charge in [-0.05, 0) is 30.5 Å². The third-order valence-electron chi connectivity index (χ3n) is 2.96. The summed E-state index contributed by atoms with van der Waals surface area (Å²) in [6.45, 7) is 2.95. The molecule has 0 saturated heterocycles. The van der Waals surface area contributed by atoms with E-state index in [-0.39, 0.29) is 5.91 Å². The molecular weight excluding hydrogens is 248 g/mol. The molecule has 0 radical (unpaired) electrons. The van der Waals surface area contributed by atoms with Crippen LogP contribution in [0.2, 0.25) is 5.02 Å². The second-order valence-electron chi connectivity index (χ2n) is 4.52. The Bertz CT molecular complexity index is 407. The van der Waals surface area contributed by atoms with Gasteiger partial charge in [0.2, 0.25) is 5.91 Å². The van der Waals surface area contributed by atoms with Gasteiger partial charge in [0.15, 0.2) is 0 Å². The largest absolute Gasteiger partial charge is 0.398 e. The lowest BCUT2D eigenvalue weighted by molar-refractivity contribution is -0.129. The number of hydrogen-bond acceptors (Lipinski definition) is 2. The zero-order valence-corrected chi connectivity index (χ0v) is 11.8. The molecule has 0 bridgehead atoms. The van der Waals surface area contributed by atoms with Gasteiger partial charge in [0.1, 0.15) is 0 Å². The third kappa shape index (κ3) is 4.57. The maximum atomic E-state index is 11.8. The number of nitrogen functional groups attached to an aromatic ring is 1. The zero-order valence-electron chi connectivity index (χ0n) is 11.1. The van der Waals surface area contributed by atoms with Crippen molar-refractivity contribution in [2.75, 3.05) is 19.3 Å². The van der Waals surface area contributed by atoms with Crippen molar-refractivity contribution in [2.24, 2.45) is 0 Å². The second kappa shape index (κ2) is 7.27. The van der Waals surface area contributed by atoms with E-state index >= 15 is 0 Å². The molecule has 1 amide bonds. The van der Waals surface area contributed by atoms with Gasteiger partial charge in [-0.3, -0.25) is 4.79 Å². The van der Waals surface area contributed by atoms with Crippen LogP contribution >= 0.6 is 11.6 Å². The second-order valence-corrected chi connectivity index (χ2v) is 4.93. The van der Waals surface area contributed by atoms with Crippen LogP contribution in [0.1, 0.15) is 31.7 Å². The molecular formula is C14H21ClN2O. The van der Waals surface area contributed by atoms with Crippen molar-refractivity contribution in [3.8, 4) is 0 Å². The van der Waals surface area contributed by atoms with Crippen LogP contribution in [0, 0.1) is 0 Å². The summed E-state index contributed by atoms with van der Waals surface area (Å²) in [4.78, 5) is 13.6. The molecule has 0 unspecified atom stereocenters. The molecule has 0 heterocycles. The van der Waals surface area contributed by atoms with Gasteiger partial charge in [-0.2, -0.15) is 0 Å².